The van der Waals surface area contributed by atoms with Crippen LogP contribution >= 0.6 is 22.9 Å². The van der Waals surface area contributed by atoms with Crippen LogP contribution in [0.5, 0.6) is 11.5 Å². The highest BCUT2D eigenvalue weighted by atomic mass is 35.5. The van der Waals surface area contributed by atoms with Crippen molar-refractivity contribution in [3.63, 3.8) is 0 Å². The van der Waals surface area contributed by atoms with E-state index in [-0.39, 0.29) is 11.5 Å². The zero-order valence-electron chi connectivity index (χ0n) is 24.0. The molecule has 4 aromatic carbocycles. The Hall–Kier alpha value is -4.92. The first kappa shape index (κ1) is 29.2. The minimum Gasteiger partial charge on any atom is -0.497 e. The van der Waals surface area contributed by atoms with Crippen molar-refractivity contribution in [3.05, 3.63) is 156 Å². The summed E-state index contributed by atoms with van der Waals surface area (Å²) >= 11 is 7.28. The van der Waals surface area contributed by atoms with Crippen LogP contribution in [-0.2, 0) is 11.4 Å². The molecule has 220 valence electrons. The number of fused-ring (bicyclic) bond motifs is 1. The molecule has 0 saturated carbocycles. The lowest BCUT2D eigenvalue weighted by Gasteiger charge is -2.25. The molecule has 0 radical (unpaired) electrons. The molecule has 7 nitrogen and oxygen atoms in total. The number of hydrogen-bond donors (Lipinski definition) is 1. The highest BCUT2D eigenvalue weighted by Crippen LogP contribution is 2.31. The Balaban J connectivity index is 1.38. The Labute approximate surface area is 263 Å². The van der Waals surface area contributed by atoms with Crippen molar-refractivity contribution in [1.29, 1.82) is 0 Å². The summed E-state index contributed by atoms with van der Waals surface area (Å²) in [6, 6.07) is 31.0. The third-order valence-electron chi connectivity index (χ3n) is 7.20. The number of hydrogen-bond acceptors (Lipinski definition) is 6. The van der Waals surface area contributed by atoms with Crippen molar-refractivity contribution in [3.8, 4) is 11.5 Å². The van der Waals surface area contributed by atoms with Crippen LogP contribution in [0.25, 0.3) is 6.08 Å². The normalized spacial score (nSPS) is 14.5. The van der Waals surface area contributed by atoms with Crippen molar-refractivity contribution in [1.82, 2.24) is 4.57 Å². The van der Waals surface area contributed by atoms with E-state index in [0.29, 0.717) is 49.4 Å². The molecule has 1 amide bonds. The number of methoxy groups -OCH3 is 1. The highest BCUT2D eigenvalue weighted by Gasteiger charge is 2.32. The number of rotatable bonds is 8. The van der Waals surface area contributed by atoms with Gasteiger partial charge < -0.3 is 14.8 Å². The molecule has 0 saturated heterocycles. The van der Waals surface area contributed by atoms with Gasteiger partial charge in [-0.1, -0.05) is 77.5 Å². The number of allylic oxidation sites excluding steroid dienone is 1. The number of carbonyl (C=O) groups excluding carboxylic acids is 1. The molecule has 0 bridgehead atoms. The van der Waals surface area contributed by atoms with Gasteiger partial charge in [0.25, 0.3) is 11.5 Å². The van der Waals surface area contributed by atoms with Gasteiger partial charge in [-0.3, -0.25) is 14.2 Å². The molecular formula is C35H28ClN3O4S. The number of anilines is 1. The molecule has 2 heterocycles. The average Bonchev–Trinajstić information content (AvgIpc) is 3.34. The smallest absolute Gasteiger partial charge is 0.271 e. The minimum absolute atomic E-state index is 0.237. The van der Waals surface area contributed by atoms with Crippen molar-refractivity contribution in [2.24, 2.45) is 4.99 Å². The molecule has 9 heteroatoms. The van der Waals surface area contributed by atoms with Crippen LogP contribution < -0.4 is 29.7 Å². The predicted octanol–water partition coefficient (Wildman–Crippen LogP) is 6.11. The summed E-state index contributed by atoms with van der Waals surface area (Å²) in [6.45, 7) is 2.19. The van der Waals surface area contributed by atoms with Gasteiger partial charge in [0.05, 0.1) is 29.0 Å². The van der Waals surface area contributed by atoms with Gasteiger partial charge in [0.2, 0.25) is 0 Å². The Morgan fingerprint density at radius 1 is 0.977 bits per heavy atom. The number of halogens is 1. The number of amides is 1. The average molecular weight is 622 g/mol. The molecule has 5 aromatic rings. The molecule has 1 atom stereocenters. The molecule has 0 spiro atoms. The summed E-state index contributed by atoms with van der Waals surface area (Å²) in [7, 11) is 1.60. The quantitative estimate of drug-likeness (QED) is 0.227. The number of ether oxygens (including phenoxy) is 2. The Bertz CT molecular complexity index is 2030. The lowest BCUT2D eigenvalue weighted by Crippen LogP contribution is -2.40. The van der Waals surface area contributed by atoms with Gasteiger partial charge in [-0.2, -0.15) is 0 Å². The van der Waals surface area contributed by atoms with E-state index in [1.54, 1.807) is 18.6 Å². The first-order valence-corrected chi connectivity index (χ1v) is 15.1. The summed E-state index contributed by atoms with van der Waals surface area (Å²) < 4.78 is 13.4. The van der Waals surface area contributed by atoms with E-state index in [9.17, 15) is 9.59 Å². The summed E-state index contributed by atoms with van der Waals surface area (Å²) in [5.74, 6) is 1.03. The molecule has 0 aliphatic carbocycles. The molecule has 1 aliphatic heterocycles. The molecule has 1 N–H and O–H groups in total. The SMILES string of the molecule is COc1ccc([C@H]2C(C(=O)Nc3ccccc3)=C(C)N=c3s/c(=C/c4cccc(OCc5ccc(Cl)cc5)c4)c(=O)n32)cc1. The fourth-order valence-electron chi connectivity index (χ4n) is 5.03. The molecular weight excluding hydrogens is 594 g/mol. The number of aromatic nitrogens is 1. The lowest BCUT2D eigenvalue weighted by atomic mass is 9.95. The standard InChI is InChI=1S/C35H28ClN3O4S/c1-22-31(33(40)38-27-8-4-3-5-9-27)32(25-13-17-28(42-2)18-14-25)39-34(41)30(44-35(39)37-22)20-24-7-6-10-29(19-24)43-21-23-11-15-26(36)16-12-23/h3-20,32H,21H2,1-2H3,(H,38,40)/b30-20+/t32-/m0/s1. The maximum Gasteiger partial charge on any atom is 0.271 e. The van der Waals surface area contributed by atoms with Crippen LogP contribution in [0, 0.1) is 0 Å². The first-order valence-electron chi connectivity index (χ1n) is 13.9. The monoisotopic (exact) mass is 621 g/mol. The first-order chi connectivity index (χ1) is 21.4. The Morgan fingerprint density at radius 2 is 1.73 bits per heavy atom. The summed E-state index contributed by atoms with van der Waals surface area (Å²) in [5, 5.41) is 3.64. The molecule has 0 unspecified atom stereocenters. The van der Waals surface area contributed by atoms with Crippen LogP contribution in [0.2, 0.25) is 5.02 Å². The third kappa shape index (κ3) is 6.22. The largest absolute Gasteiger partial charge is 0.497 e. The third-order valence-corrected chi connectivity index (χ3v) is 8.44. The van der Waals surface area contributed by atoms with E-state index in [4.69, 9.17) is 26.1 Å². The Kier molecular flexibility index (Phi) is 8.45. The minimum atomic E-state index is -0.683. The van der Waals surface area contributed by atoms with E-state index >= 15 is 0 Å². The van der Waals surface area contributed by atoms with Gasteiger partial charge in [0.1, 0.15) is 18.1 Å². The number of nitrogens with one attached hydrogen (secondary N) is 1. The summed E-state index contributed by atoms with van der Waals surface area (Å²) in [6.07, 6.45) is 1.83. The number of para-hydroxylation sites is 1. The van der Waals surface area contributed by atoms with Gasteiger partial charge in [-0.15, -0.1) is 0 Å². The maximum atomic E-state index is 14.0. The fraction of sp³-hybridized carbons (Fsp3) is 0.114. The van der Waals surface area contributed by atoms with Crippen molar-refractivity contribution in [2.75, 3.05) is 12.4 Å². The molecule has 1 aromatic heterocycles. The molecule has 44 heavy (non-hydrogen) atoms. The molecule has 1 aliphatic rings. The van der Waals surface area contributed by atoms with Crippen molar-refractivity contribution in [2.45, 2.75) is 19.6 Å². The van der Waals surface area contributed by atoms with E-state index in [1.807, 2.05) is 109 Å². The number of thiazole rings is 1. The second kappa shape index (κ2) is 12.8. The van der Waals surface area contributed by atoms with Gasteiger partial charge in [0, 0.05) is 10.7 Å². The van der Waals surface area contributed by atoms with Crippen LogP contribution in [-0.4, -0.2) is 17.6 Å². The number of nitrogens with zero attached hydrogens (tertiary/aromatic N) is 2. The second-order valence-electron chi connectivity index (χ2n) is 10.2. The van der Waals surface area contributed by atoms with Crippen molar-refractivity contribution >= 4 is 40.6 Å². The zero-order chi connectivity index (χ0) is 30.6. The summed E-state index contributed by atoms with van der Waals surface area (Å²) in [4.78, 5) is 33.0. The van der Waals surface area contributed by atoms with Gasteiger partial charge in [0.15, 0.2) is 4.80 Å². The van der Waals surface area contributed by atoms with E-state index < -0.39 is 6.04 Å². The molecule has 6 rings (SSSR count). The van der Waals surface area contributed by atoms with Gasteiger partial charge in [-0.05, 0) is 78.2 Å². The number of carbonyl (C=O) groups is 1. The number of benzene rings is 4. The van der Waals surface area contributed by atoms with Gasteiger partial charge >= 0.3 is 0 Å². The molecule has 0 fully saturated rings. The van der Waals surface area contributed by atoms with E-state index in [2.05, 4.69) is 5.32 Å². The van der Waals surface area contributed by atoms with E-state index in [0.717, 1.165) is 16.7 Å². The van der Waals surface area contributed by atoms with Crippen LogP contribution in [0.3, 0.4) is 0 Å². The van der Waals surface area contributed by atoms with Crippen molar-refractivity contribution < 1.29 is 14.3 Å². The van der Waals surface area contributed by atoms with Crippen LogP contribution in [0.1, 0.15) is 29.7 Å². The second-order valence-corrected chi connectivity index (χ2v) is 11.6. The van der Waals surface area contributed by atoms with E-state index in [1.165, 1.54) is 11.3 Å². The summed E-state index contributed by atoms with van der Waals surface area (Å²) in [5.41, 5.74) is 3.93. The maximum absolute atomic E-state index is 14.0. The van der Waals surface area contributed by atoms with Gasteiger partial charge in [-0.25, -0.2) is 4.99 Å². The lowest BCUT2D eigenvalue weighted by molar-refractivity contribution is -0.113. The van der Waals surface area contributed by atoms with Crippen LogP contribution in [0.15, 0.2) is 124 Å². The van der Waals surface area contributed by atoms with Crippen LogP contribution in [0.4, 0.5) is 5.69 Å². The Morgan fingerprint density at radius 3 is 2.45 bits per heavy atom. The predicted molar refractivity (Wildman–Crippen MR) is 174 cm³/mol. The topological polar surface area (TPSA) is 81.9 Å². The zero-order valence-corrected chi connectivity index (χ0v) is 25.6. The highest BCUT2D eigenvalue weighted by molar-refractivity contribution is 7.07. The fourth-order valence-corrected chi connectivity index (χ4v) is 6.20.